The van der Waals surface area contributed by atoms with Crippen LogP contribution in [0, 0.1) is 0 Å². The van der Waals surface area contributed by atoms with E-state index in [-0.39, 0.29) is 12.5 Å². The minimum Gasteiger partial charge on any atom is -0.506 e. The van der Waals surface area contributed by atoms with Gasteiger partial charge in [0.1, 0.15) is 5.75 Å². The van der Waals surface area contributed by atoms with Crippen LogP contribution in [0.15, 0.2) is 42.8 Å². The summed E-state index contributed by atoms with van der Waals surface area (Å²) in [6, 6.07) is 6.56. The quantitative estimate of drug-likeness (QED) is 0.470. The Balaban J connectivity index is 1.75. The molecule has 3 rings (SSSR count). The molecule has 0 atom stereocenters. The third-order valence-corrected chi connectivity index (χ3v) is 5.24. The Morgan fingerprint density at radius 3 is 2.71 bits per heavy atom. The Hall–Kier alpha value is -1.58. The van der Waals surface area contributed by atoms with Crippen molar-refractivity contribution in [3.8, 4) is 17.2 Å². The molecule has 24 heavy (non-hydrogen) atoms. The molecule has 124 valence electrons. The summed E-state index contributed by atoms with van der Waals surface area (Å²) in [5, 5.41) is 13.8. The predicted molar refractivity (Wildman–Crippen MR) is 98.8 cm³/mol. The summed E-state index contributed by atoms with van der Waals surface area (Å²) >= 11 is 9.89. The Bertz CT molecular complexity index is 855. The fraction of sp³-hybridized carbons (Fsp3) is 0.0667. The molecule has 9 heteroatoms. The van der Waals surface area contributed by atoms with Gasteiger partial charge in [-0.05, 0) is 56.1 Å². The first-order valence-corrected chi connectivity index (χ1v) is 8.95. The highest BCUT2D eigenvalue weighted by Crippen LogP contribution is 2.38. The van der Waals surface area contributed by atoms with Gasteiger partial charge >= 0.3 is 0 Å². The van der Waals surface area contributed by atoms with E-state index in [1.165, 1.54) is 6.21 Å². The van der Waals surface area contributed by atoms with Crippen LogP contribution in [0.1, 0.15) is 15.9 Å². The molecule has 0 fully saturated rings. The summed E-state index contributed by atoms with van der Waals surface area (Å²) in [5.41, 5.74) is 3.41. The molecule has 2 N–H and O–H groups in total. The van der Waals surface area contributed by atoms with Gasteiger partial charge in [-0.25, -0.2) is 5.43 Å². The highest BCUT2D eigenvalue weighted by Gasteiger charge is 2.16. The summed E-state index contributed by atoms with van der Waals surface area (Å²) in [5.74, 6) is 0.781. The van der Waals surface area contributed by atoms with Crippen molar-refractivity contribution >= 4 is 59.9 Å². The van der Waals surface area contributed by atoms with E-state index in [4.69, 9.17) is 9.47 Å². The molecule has 0 bridgehead atoms. The minimum atomic E-state index is -0.391. The van der Waals surface area contributed by atoms with Gasteiger partial charge < -0.3 is 14.6 Å². The molecule has 0 aliphatic carbocycles. The van der Waals surface area contributed by atoms with E-state index < -0.39 is 5.91 Å². The lowest BCUT2D eigenvalue weighted by atomic mass is 10.2. The Kier molecular flexibility index (Phi) is 5.12. The molecule has 1 amide bonds. The predicted octanol–water partition coefficient (Wildman–Crippen LogP) is 4.17. The highest BCUT2D eigenvalue weighted by molar-refractivity contribution is 9.11. The van der Waals surface area contributed by atoms with Crippen molar-refractivity contribution in [1.29, 1.82) is 0 Å². The normalized spacial score (nSPS) is 12.6. The number of fused-ring (bicyclic) bond motifs is 1. The second-order valence-electron chi connectivity index (χ2n) is 4.68. The van der Waals surface area contributed by atoms with Crippen molar-refractivity contribution in [1.82, 2.24) is 5.43 Å². The van der Waals surface area contributed by atoms with E-state index in [1.807, 2.05) is 0 Å². The lowest BCUT2D eigenvalue weighted by molar-refractivity contribution is 0.0954. The van der Waals surface area contributed by atoms with Crippen LogP contribution in [0.2, 0.25) is 0 Å². The molecule has 2 aromatic rings. The molecule has 1 aliphatic rings. The van der Waals surface area contributed by atoms with Crippen LogP contribution in [0.4, 0.5) is 0 Å². The summed E-state index contributed by atoms with van der Waals surface area (Å²) < 4.78 is 12.1. The Morgan fingerprint density at radius 2 is 1.92 bits per heavy atom. The van der Waals surface area contributed by atoms with Gasteiger partial charge in [0.05, 0.1) is 15.2 Å². The number of aromatic hydroxyl groups is 1. The third kappa shape index (κ3) is 3.42. The van der Waals surface area contributed by atoms with Gasteiger partial charge in [-0.1, -0.05) is 15.9 Å². The van der Waals surface area contributed by atoms with Crippen molar-refractivity contribution in [2.24, 2.45) is 5.10 Å². The van der Waals surface area contributed by atoms with E-state index >= 15 is 0 Å². The van der Waals surface area contributed by atoms with Gasteiger partial charge in [-0.15, -0.1) is 0 Å². The number of amides is 1. The molecule has 0 saturated heterocycles. The maximum atomic E-state index is 12.1. The van der Waals surface area contributed by atoms with Crippen LogP contribution < -0.4 is 14.9 Å². The summed E-state index contributed by atoms with van der Waals surface area (Å²) in [6.07, 6.45) is 1.42. The number of carbonyl (C=O) groups is 1. The molecule has 0 spiro atoms. The number of carbonyl (C=O) groups excluding carboxylic acids is 1. The first kappa shape index (κ1) is 17.2. The molecule has 0 aromatic heterocycles. The van der Waals surface area contributed by atoms with Crippen LogP contribution in [-0.2, 0) is 0 Å². The molecular formula is C15H9Br3N2O4. The molecule has 1 aliphatic heterocycles. The highest BCUT2D eigenvalue weighted by atomic mass is 79.9. The van der Waals surface area contributed by atoms with Crippen molar-refractivity contribution in [2.45, 2.75) is 0 Å². The van der Waals surface area contributed by atoms with E-state index in [9.17, 15) is 9.90 Å². The van der Waals surface area contributed by atoms with Crippen LogP contribution in [0.3, 0.4) is 0 Å². The van der Waals surface area contributed by atoms with Crippen LogP contribution in [0.5, 0.6) is 17.2 Å². The molecule has 0 unspecified atom stereocenters. The number of rotatable bonds is 3. The number of hydrogen-bond acceptors (Lipinski definition) is 5. The third-order valence-electron chi connectivity index (χ3n) is 3.18. The maximum absolute atomic E-state index is 12.1. The van der Waals surface area contributed by atoms with Gasteiger partial charge in [-0.2, -0.15) is 5.10 Å². The van der Waals surface area contributed by atoms with E-state index in [0.29, 0.717) is 36.0 Å². The minimum absolute atomic E-state index is 0.0433. The number of hydrazone groups is 1. The number of benzene rings is 2. The van der Waals surface area contributed by atoms with Crippen molar-refractivity contribution < 1.29 is 19.4 Å². The average Bonchev–Trinajstić information content (AvgIpc) is 3.03. The van der Waals surface area contributed by atoms with Gasteiger partial charge in [0.15, 0.2) is 11.5 Å². The van der Waals surface area contributed by atoms with Crippen molar-refractivity contribution in [3.05, 3.63) is 48.8 Å². The lowest BCUT2D eigenvalue weighted by Gasteiger charge is -2.07. The summed E-state index contributed by atoms with van der Waals surface area (Å²) in [4.78, 5) is 12.1. The Morgan fingerprint density at radius 1 is 1.17 bits per heavy atom. The first-order valence-electron chi connectivity index (χ1n) is 6.57. The zero-order valence-electron chi connectivity index (χ0n) is 11.8. The van der Waals surface area contributed by atoms with Crippen LogP contribution in [-0.4, -0.2) is 24.0 Å². The standard InChI is InChI=1S/C15H9Br3N2O4/c16-9-4-10(17)14(21)13(18)8(9)5-19-20-15(22)7-1-2-11-12(3-7)24-6-23-11/h1-5,21H,6H2,(H,20,22)/b19-5+. The molecule has 1 heterocycles. The maximum Gasteiger partial charge on any atom is 0.271 e. The summed E-state index contributed by atoms with van der Waals surface area (Å²) in [7, 11) is 0. The number of phenolic OH excluding ortho intramolecular Hbond substituents is 1. The monoisotopic (exact) mass is 518 g/mol. The zero-order valence-corrected chi connectivity index (χ0v) is 16.6. The van der Waals surface area contributed by atoms with Crippen LogP contribution in [0.25, 0.3) is 0 Å². The Labute approximate surface area is 162 Å². The number of halogens is 3. The number of nitrogens with zero attached hydrogens (tertiary/aromatic N) is 1. The molecular weight excluding hydrogens is 512 g/mol. The van der Waals surface area contributed by atoms with E-state index in [1.54, 1.807) is 24.3 Å². The second-order valence-corrected chi connectivity index (χ2v) is 7.19. The van der Waals surface area contributed by atoms with Crippen molar-refractivity contribution in [3.63, 3.8) is 0 Å². The van der Waals surface area contributed by atoms with Gasteiger partial charge in [0, 0.05) is 15.6 Å². The van der Waals surface area contributed by atoms with Crippen molar-refractivity contribution in [2.75, 3.05) is 6.79 Å². The topological polar surface area (TPSA) is 80.2 Å². The first-order chi connectivity index (χ1) is 11.5. The molecule has 0 radical (unpaired) electrons. The lowest BCUT2D eigenvalue weighted by Crippen LogP contribution is -2.17. The smallest absolute Gasteiger partial charge is 0.271 e. The number of phenols is 1. The van der Waals surface area contributed by atoms with E-state index in [2.05, 4.69) is 58.3 Å². The number of hydrogen-bond donors (Lipinski definition) is 2. The average molecular weight is 521 g/mol. The number of ether oxygens (including phenoxy) is 2. The fourth-order valence-corrected chi connectivity index (χ4v) is 4.30. The summed E-state index contributed by atoms with van der Waals surface area (Å²) in [6.45, 7) is 0.147. The largest absolute Gasteiger partial charge is 0.506 e. The van der Waals surface area contributed by atoms with Gasteiger partial charge in [-0.3, -0.25) is 4.79 Å². The second kappa shape index (κ2) is 7.12. The van der Waals surface area contributed by atoms with Gasteiger partial charge in [0.2, 0.25) is 6.79 Å². The molecule has 2 aromatic carbocycles. The van der Waals surface area contributed by atoms with E-state index in [0.717, 1.165) is 0 Å². The molecule has 6 nitrogen and oxygen atoms in total. The molecule has 0 saturated carbocycles. The number of nitrogens with one attached hydrogen (secondary N) is 1. The fourth-order valence-electron chi connectivity index (χ4n) is 1.97. The van der Waals surface area contributed by atoms with Crippen LogP contribution >= 0.6 is 47.8 Å². The zero-order chi connectivity index (χ0) is 17.3. The van der Waals surface area contributed by atoms with Gasteiger partial charge in [0.25, 0.3) is 5.91 Å². The SMILES string of the molecule is O=C(N/N=C/c1c(Br)cc(Br)c(O)c1Br)c1ccc2c(c1)OCO2.